The van der Waals surface area contributed by atoms with Crippen molar-refractivity contribution in [3.05, 3.63) is 16.3 Å². The Morgan fingerprint density at radius 2 is 1.87 bits per heavy atom. The zero-order valence-electron chi connectivity index (χ0n) is 14.1. The maximum atomic E-state index is 12.5. The van der Waals surface area contributed by atoms with Gasteiger partial charge >= 0.3 is 11.7 Å². The topological polar surface area (TPSA) is 72.2 Å². The molecule has 0 aromatic carbocycles. The van der Waals surface area contributed by atoms with Gasteiger partial charge in [-0.3, -0.25) is 4.57 Å². The van der Waals surface area contributed by atoms with Gasteiger partial charge in [0, 0.05) is 38.6 Å². The number of nitrogens with zero attached hydrogens (tertiary/aromatic N) is 4. The molecule has 0 spiro atoms. The zero-order chi connectivity index (χ0) is 16.4. The van der Waals surface area contributed by atoms with E-state index in [2.05, 4.69) is 10.4 Å². The number of aromatic nitrogens is 3. The van der Waals surface area contributed by atoms with Gasteiger partial charge in [-0.25, -0.2) is 14.3 Å². The number of amides is 2. The van der Waals surface area contributed by atoms with Gasteiger partial charge in [0.1, 0.15) is 5.82 Å². The lowest BCUT2D eigenvalue weighted by molar-refractivity contribution is 0.180. The van der Waals surface area contributed by atoms with Crippen molar-refractivity contribution >= 4 is 6.03 Å². The largest absolute Gasteiger partial charge is 0.345 e. The quantitative estimate of drug-likeness (QED) is 0.919. The lowest BCUT2D eigenvalue weighted by Gasteiger charge is -2.32. The molecule has 0 radical (unpaired) electrons. The molecule has 1 saturated carbocycles. The first-order valence-corrected chi connectivity index (χ1v) is 8.80. The Kier molecular flexibility index (Phi) is 4.73. The van der Waals surface area contributed by atoms with Crippen LogP contribution in [0.3, 0.4) is 0 Å². The third-order valence-corrected chi connectivity index (χ3v) is 5.15. The van der Waals surface area contributed by atoms with Gasteiger partial charge in [0.2, 0.25) is 0 Å². The smallest absolute Gasteiger partial charge is 0.338 e. The van der Waals surface area contributed by atoms with E-state index < -0.39 is 0 Å². The van der Waals surface area contributed by atoms with Crippen LogP contribution < -0.4 is 11.0 Å². The molecular weight excluding hydrogens is 294 g/mol. The number of urea groups is 1. The number of rotatable bonds is 3. The monoisotopic (exact) mass is 321 g/mol. The Hall–Kier alpha value is -1.79. The van der Waals surface area contributed by atoms with E-state index >= 15 is 0 Å². The second-order valence-corrected chi connectivity index (χ2v) is 6.67. The number of hydrogen-bond donors (Lipinski definition) is 1. The van der Waals surface area contributed by atoms with E-state index in [4.69, 9.17) is 0 Å². The molecule has 3 rings (SSSR count). The Morgan fingerprint density at radius 1 is 1.22 bits per heavy atom. The highest BCUT2D eigenvalue weighted by Gasteiger charge is 2.31. The number of nitrogens with one attached hydrogen (secondary N) is 1. The van der Waals surface area contributed by atoms with Crippen LogP contribution in [0.4, 0.5) is 4.79 Å². The van der Waals surface area contributed by atoms with E-state index in [1.54, 1.807) is 7.05 Å². The van der Waals surface area contributed by atoms with Crippen LogP contribution in [-0.4, -0.2) is 44.9 Å². The van der Waals surface area contributed by atoms with Gasteiger partial charge in [-0.05, 0) is 32.6 Å². The fourth-order valence-electron chi connectivity index (χ4n) is 3.89. The first kappa shape index (κ1) is 16.1. The number of likely N-dealkylation sites (tertiary alicyclic amines) is 1. The Morgan fingerprint density at radius 3 is 2.48 bits per heavy atom. The van der Waals surface area contributed by atoms with Gasteiger partial charge in [-0.1, -0.05) is 12.8 Å². The summed E-state index contributed by atoms with van der Waals surface area (Å²) >= 11 is 0. The zero-order valence-corrected chi connectivity index (χ0v) is 14.1. The van der Waals surface area contributed by atoms with Gasteiger partial charge in [-0.15, -0.1) is 0 Å². The number of carbonyl (C=O) groups excluding carboxylic acids is 1. The van der Waals surface area contributed by atoms with Crippen LogP contribution in [-0.2, 0) is 7.05 Å². The molecule has 2 fully saturated rings. The highest BCUT2D eigenvalue weighted by Crippen LogP contribution is 2.33. The molecule has 23 heavy (non-hydrogen) atoms. The second kappa shape index (κ2) is 6.76. The van der Waals surface area contributed by atoms with Crippen molar-refractivity contribution in [1.29, 1.82) is 0 Å². The molecule has 0 bridgehead atoms. The van der Waals surface area contributed by atoms with E-state index in [0.717, 1.165) is 44.6 Å². The number of aryl methyl sites for hydroxylation is 1. The van der Waals surface area contributed by atoms with Gasteiger partial charge in [0.05, 0.1) is 0 Å². The molecule has 1 aliphatic carbocycles. The lowest BCUT2D eigenvalue weighted by atomic mass is 9.95. The molecule has 2 heterocycles. The van der Waals surface area contributed by atoms with Crippen molar-refractivity contribution in [1.82, 2.24) is 24.6 Å². The molecule has 0 unspecified atom stereocenters. The average Bonchev–Trinajstić information content (AvgIpc) is 3.17. The fraction of sp³-hybridized carbons (Fsp3) is 0.812. The first-order valence-electron chi connectivity index (χ1n) is 8.80. The maximum absolute atomic E-state index is 12.5. The molecule has 7 heteroatoms. The molecule has 128 valence electrons. The second-order valence-electron chi connectivity index (χ2n) is 6.67. The van der Waals surface area contributed by atoms with Crippen LogP contribution in [0.15, 0.2) is 4.79 Å². The van der Waals surface area contributed by atoms with Gasteiger partial charge in [0.25, 0.3) is 0 Å². The predicted octanol–water partition coefficient (Wildman–Crippen LogP) is 1.61. The number of hydrogen-bond acceptors (Lipinski definition) is 3. The van der Waals surface area contributed by atoms with E-state index in [-0.39, 0.29) is 17.6 Å². The average molecular weight is 321 g/mol. The summed E-state index contributed by atoms with van der Waals surface area (Å²) in [5.74, 6) is 1.20. The molecule has 1 aromatic rings. The van der Waals surface area contributed by atoms with Gasteiger partial charge in [-0.2, -0.15) is 5.10 Å². The molecule has 0 atom stereocenters. The summed E-state index contributed by atoms with van der Waals surface area (Å²) < 4.78 is 3.42. The molecule has 2 aliphatic rings. The Labute approximate surface area is 136 Å². The SMILES string of the molecule is CCNC(=O)N1CCC(c2nn(C)c(=O)n2C2CCCC2)CC1. The molecule has 1 aromatic heterocycles. The van der Waals surface area contributed by atoms with E-state index in [0.29, 0.717) is 12.6 Å². The fourth-order valence-corrected chi connectivity index (χ4v) is 3.89. The summed E-state index contributed by atoms with van der Waals surface area (Å²) in [5.41, 5.74) is 0.0121. The number of piperidine rings is 1. The maximum Gasteiger partial charge on any atom is 0.345 e. The van der Waals surface area contributed by atoms with Crippen LogP contribution in [0.5, 0.6) is 0 Å². The summed E-state index contributed by atoms with van der Waals surface area (Å²) in [6.45, 7) is 4.04. The minimum absolute atomic E-state index is 0.0121. The van der Waals surface area contributed by atoms with Crippen molar-refractivity contribution in [3.8, 4) is 0 Å². The normalized spacial score (nSPS) is 20.2. The molecular formula is C16H27N5O2. The van der Waals surface area contributed by atoms with Crippen molar-refractivity contribution < 1.29 is 4.79 Å². The van der Waals surface area contributed by atoms with Crippen molar-refractivity contribution in [2.45, 2.75) is 57.4 Å². The lowest BCUT2D eigenvalue weighted by Crippen LogP contribution is -2.44. The van der Waals surface area contributed by atoms with E-state index in [1.165, 1.54) is 17.5 Å². The Balaban J connectivity index is 1.74. The number of carbonyl (C=O) groups is 1. The van der Waals surface area contributed by atoms with Gasteiger partial charge in [0.15, 0.2) is 0 Å². The molecule has 7 nitrogen and oxygen atoms in total. The van der Waals surface area contributed by atoms with Crippen LogP contribution in [0.25, 0.3) is 0 Å². The molecule has 1 N–H and O–H groups in total. The van der Waals surface area contributed by atoms with Crippen molar-refractivity contribution in [2.75, 3.05) is 19.6 Å². The van der Waals surface area contributed by atoms with Crippen molar-refractivity contribution in [3.63, 3.8) is 0 Å². The highest BCUT2D eigenvalue weighted by atomic mass is 16.2. The molecule has 1 saturated heterocycles. The minimum Gasteiger partial charge on any atom is -0.338 e. The summed E-state index contributed by atoms with van der Waals surface area (Å²) in [5, 5.41) is 7.38. The minimum atomic E-state index is 0.0121. The summed E-state index contributed by atoms with van der Waals surface area (Å²) in [6.07, 6.45) is 6.30. The summed E-state index contributed by atoms with van der Waals surface area (Å²) in [4.78, 5) is 26.2. The third-order valence-electron chi connectivity index (χ3n) is 5.15. The predicted molar refractivity (Wildman–Crippen MR) is 87.6 cm³/mol. The van der Waals surface area contributed by atoms with Crippen LogP contribution in [0, 0.1) is 0 Å². The third kappa shape index (κ3) is 3.14. The van der Waals surface area contributed by atoms with Crippen LogP contribution in [0.1, 0.15) is 63.2 Å². The van der Waals surface area contributed by atoms with Gasteiger partial charge < -0.3 is 10.2 Å². The standard InChI is InChI=1S/C16H27N5O2/c1-3-17-15(22)20-10-8-12(9-11-20)14-18-19(2)16(23)21(14)13-6-4-5-7-13/h12-13H,3-11H2,1-2H3,(H,17,22). The molecule has 2 amide bonds. The van der Waals surface area contributed by atoms with Crippen LogP contribution in [0.2, 0.25) is 0 Å². The first-order chi connectivity index (χ1) is 11.1. The van der Waals surface area contributed by atoms with Crippen LogP contribution >= 0.6 is 0 Å². The highest BCUT2D eigenvalue weighted by molar-refractivity contribution is 5.74. The van der Waals surface area contributed by atoms with E-state index in [9.17, 15) is 9.59 Å². The van der Waals surface area contributed by atoms with E-state index in [1.807, 2.05) is 16.4 Å². The Bertz CT molecular complexity index is 606. The van der Waals surface area contributed by atoms with Crippen molar-refractivity contribution in [2.24, 2.45) is 7.05 Å². The summed E-state index contributed by atoms with van der Waals surface area (Å²) in [7, 11) is 1.74. The molecule has 1 aliphatic heterocycles. The summed E-state index contributed by atoms with van der Waals surface area (Å²) in [6, 6.07) is 0.327.